The molecular formula is C22H18N2. The van der Waals surface area contributed by atoms with Crippen LogP contribution in [0.1, 0.15) is 0 Å². The third kappa shape index (κ3) is 2.48. The zero-order valence-corrected chi connectivity index (χ0v) is 13.2. The van der Waals surface area contributed by atoms with Crippen molar-refractivity contribution in [3.63, 3.8) is 0 Å². The van der Waals surface area contributed by atoms with Gasteiger partial charge in [0.25, 0.3) is 0 Å². The zero-order chi connectivity index (χ0) is 16.5. The average molecular weight is 310 g/mol. The van der Waals surface area contributed by atoms with Crippen LogP contribution in [0.15, 0.2) is 84.9 Å². The van der Waals surface area contributed by atoms with Gasteiger partial charge in [-0.25, -0.2) is 0 Å². The maximum atomic E-state index is 6.09. The summed E-state index contributed by atoms with van der Waals surface area (Å²) in [4.78, 5) is 0. The number of benzene rings is 4. The van der Waals surface area contributed by atoms with Gasteiger partial charge >= 0.3 is 0 Å². The van der Waals surface area contributed by atoms with E-state index in [1.54, 1.807) is 0 Å². The first-order valence-electron chi connectivity index (χ1n) is 7.96. The lowest BCUT2D eigenvalue weighted by molar-refractivity contribution is 1.59. The summed E-state index contributed by atoms with van der Waals surface area (Å²) in [6.45, 7) is 0. The number of anilines is 2. The highest BCUT2D eigenvalue weighted by molar-refractivity contribution is 6.01. The molecule has 2 nitrogen and oxygen atoms in total. The minimum absolute atomic E-state index is 0.761. The van der Waals surface area contributed by atoms with E-state index in [1.807, 2.05) is 24.3 Å². The average Bonchev–Trinajstić information content (AvgIpc) is 2.62. The van der Waals surface area contributed by atoms with Gasteiger partial charge in [-0.3, -0.25) is 0 Å². The van der Waals surface area contributed by atoms with Gasteiger partial charge in [0.1, 0.15) is 0 Å². The molecule has 0 saturated heterocycles. The Bertz CT molecular complexity index is 1010. The van der Waals surface area contributed by atoms with Crippen LogP contribution in [0, 0.1) is 0 Å². The van der Waals surface area contributed by atoms with Crippen LogP contribution in [-0.4, -0.2) is 0 Å². The summed E-state index contributed by atoms with van der Waals surface area (Å²) in [6, 6.07) is 28.8. The van der Waals surface area contributed by atoms with E-state index in [9.17, 15) is 0 Å². The van der Waals surface area contributed by atoms with Gasteiger partial charge in [-0.05, 0) is 57.3 Å². The van der Waals surface area contributed by atoms with E-state index in [1.165, 1.54) is 16.3 Å². The molecule has 4 aromatic rings. The van der Waals surface area contributed by atoms with Crippen LogP contribution in [0.25, 0.3) is 33.0 Å². The molecule has 0 aliphatic rings. The highest BCUT2D eigenvalue weighted by Gasteiger charge is 2.11. The normalized spacial score (nSPS) is 10.8. The predicted molar refractivity (Wildman–Crippen MR) is 104 cm³/mol. The van der Waals surface area contributed by atoms with Crippen LogP contribution in [0.4, 0.5) is 11.4 Å². The van der Waals surface area contributed by atoms with Crippen LogP contribution in [0.3, 0.4) is 0 Å². The lowest BCUT2D eigenvalue weighted by Crippen LogP contribution is -1.91. The molecule has 0 aromatic heterocycles. The lowest BCUT2D eigenvalue weighted by Gasteiger charge is -2.14. The fourth-order valence-electron chi connectivity index (χ4n) is 3.16. The van der Waals surface area contributed by atoms with Gasteiger partial charge in [0.15, 0.2) is 0 Å². The second kappa shape index (κ2) is 5.74. The van der Waals surface area contributed by atoms with Crippen molar-refractivity contribution in [2.75, 3.05) is 11.5 Å². The molecule has 0 saturated carbocycles. The van der Waals surface area contributed by atoms with Crippen molar-refractivity contribution < 1.29 is 0 Å². The van der Waals surface area contributed by atoms with Gasteiger partial charge in [-0.15, -0.1) is 0 Å². The first-order chi connectivity index (χ1) is 11.7. The maximum Gasteiger partial charge on any atom is 0.0320 e. The summed E-state index contributed by atoms with van der Waals surface area (Å²) in [5, 5.41) is 2.45. The third-order valence-electron chi connectivity index (χ3n) is 4.35. The molecule has 4 N–H and O–H groups in total. The molecule has 0 amide bonds. The molecule has 0 aliphatic carbocycles. The van der Waals surface area contributed by atoms with Crippen molar-refractivity contribution in [1.82, 2.24) is 0 Å². The summed E-state index contributed by atoms with van der Waals surface area (Å²) in [5.74, 6) is 0. The number of nitrogens with two attached hydrogens (primary N) is 2. The molecule has 4 rings (SSSR count). The molecule has 4 aromatic carbocycles. The van der Waals surface area contributed by atoms with Gasteiger partial charge in [0.2, 0.25) is 0 Å². The molecule has 0 aliphatic heterocycles. The second-order valence-electron chi connectivity index (χ2n) is 5.95. The summed E-state index contributed by atoms with van der Waals surface area (Å²) < 4.78 is 0. The largest absolute Gasteiger partial charge is 0.399 e. The quantitative estimate of drug-likeness (QED) is 0.491. The smallest absolute Gasteiger partial charge is 0.0320 e. The monoisotopic (exact) mass is 310 g/mol. The lowest BCUT2D eigenvalue weighted by atomic mass is 9.91. The molecule has 0 spiro atoms. The SMILES string of the molecule is Nc1ccc(-c2ccc(N)cc2-c2cccc3ccccc23)cc1. The Morgan fingerprint density at radius 3 is 2.04 bits per heavy atom. The van der Waals surface area contributed by atoms with Gasteiger partial charge in [-0.2, -0.15) is 0 Å². The topological polar surface area (TPSA) is 52.0 Å². The molecular weight excluding hydrogens is 292 g/mol. The number of hydrogen-bond acceptors (Lipinski definition) is 2. The molecule has 0 heterocycles. The zero-order valence-electron chi connectivity index (χ0n) is 13.2. The van der Waals surface area contributed by atoms with Crippen LogP contribution in [-0.2, 0) is 0 Å². The number of rotatable bonds is 2. The highest BCUT2D eigenvalue weighted by Crippen LogP contribution is 2.37. The van der Waals surface area contributed by atoms with E-state index in [-0.39, 0.29) is 0 Å². The van der Waals surface area contributed by atoms with Crippen LogP contribution in [0.2, 0.25) is 0 Å². The standard InChI is InChI=1S/C22H18N2/c23-17-10-8-16(9-11-17)20-13-12-18(24)14-22(20)21-7-3-5-15-4-1-2-6-19(15)21/h1-14H,23-24H2. The Labute approximate surface area is 141 Å². The van der Waals surface area contributed by atoms with Gasteiger partial charge < -0.3 is 11.5 Å². The van der Waals surface area contributed by atoms with Crippen LogP contribution < -0.4 is 11.5 Å². The van der Waals surface area contributed by atoms with Crippen molar-refractivity contribution >= 4 is 22.1 Å². The van der Waals surface area contributed by atoms with Gasteiger partial charge in [0.05, 0.1) is 0 Å². The molecule has 24 heavy (non-hydrogen) atoms. The van der Waals surface area contributed by atoms with Crippen LogP contribution >= 0.6 is 0 Å². The fourth-order valence-corrected chi connectivity index (χ4v) is 3.16. The second-order valence-corrected chi connectivity index (χ2v) is 5.95. The Morgan fingerprint density at radius 2 is 1.21 bits per heavy atom. The van der Waals surface area contributed by atoms with Crippen molar-refractivity contribution in [3.8, 4) is 22.3 Å². The maximum absolute atomic E-state index is 6.09. The van der Waals surface area contributed by atoms with E-state index in [0.717, 1.165) is 28.1 Å². The Hall–Kier alpha value is -3.26. The molecule has 2 heteroatoms. The fraction of sp³-hybridized carbons (Fsp3) is 0. The molecule has 0 atom stereocenters. The minimum Gasteiger partial charge on any atom is -0.399 e. The molecule has 0 fully saturated rings. The van der Waals surface area contributed by atoms with Crippen molar-refractivity contribution in [1.29, 1.82) is 0 Å². The Balaban J connectivity index is 2.00. The number of nitrogen functional groups attached to an aromatic ring is 2. The molecule has 0 bridgehead atoms. The van der Waals surface area contributed by atoms with E-state index < -0.39 is 0 Å². The minimum atomic E-state index is 0.761. The van der Waals surface area contributed by atoms with E-state index in [2.05, 4.69) is 60.7 Å². The molecule has 0 radical (unpaired) electrons. The molecule has 0 unspecified atom stereocenters. The van der Waals surface area contributed by atoms with Gasteiger partial charge in [-0.1, -0.05) is 60.7 Å². The van der Waals surface area contributed by atoms with Crippen molar-refractivity contribution in [2.45, 2.75) is 0 Å². The van der Waals surface area contributed by atoms with Crippen LogP contribution in [0.5, 0.6) is 0 Å². The Morgan fingerprint density at radius 1 is 0.500 bits per heavy atom. The predicted octanol–water partition coefficient (Wildman–Crippen LogP) is 5.34. The van der Waals surface area contributed by atoms with E-state index in [0.29, 0.717) is 0 Å². The summed E-state index contributed by atoms with van der Waals surface area (Å²) in [5.41, 5.74) is 18.1. The number of fused-ring (bicyclic) bond motifs is 1. The van der Waals surface area contributed by atoms with Gasteiger partial charge in [0, 0.05) is 11.4 Å². The van der Waals surface area contributed by atoms with E-state index in [4.69, 9.17) is 11.5 Å². The summed E-state index contributed by atoms with van der Waals surface area (Å²) in [7, 11) is 0. The molecule has 116 valence electrons. The third-order valence-corrected chi connectivity index (χ3v) is 4.35. The highest BCUT2D eigenvalue weighted by atomic mass is 14.5. The Kier molecular flexibility index (Phi) is 3.43. The summed E-state index contributed by atoms with van der Waals surface area (Å²) >= 11 is 0. The first kappa shape index (κ1) is 14.3. The van der Waals surface area contributed by atoms with Crippen molar-refractivity contribution in [3.05, 3.63) is 84.9 Å². The summed E-state index contributed by atoms with van der Waals surface area (Å²) in [6.07, 6.45) is 0. The number of hydrogen-bond donors (Lipinski definition) is 2. The first-order valence-corrected chi connectivity index (χ1v) is 7.96. The van der Waals surface area contributed by atoms with E-state index >= 15 is 0 Å². The van der Waals surface area contributed by atoms with Crippen molar-refractivity contribution in [2.24, 2.45) is 0 Å².